The van der Waals surface area contributed by atoms with Gasteiger partial charge in [-0.15, -0.1) is 0 Å². The fourth-order valence-electron chi connectivity index (χ4n) is 3.68. The highest BCUT2D eigenvalue weighted by Gasteiger charge is 2.31. The van der Waals surface area contributed by atoms with Crippen LogP contribution in [0.1, 0.15) is 57.1 Å². The normalized spacial score (nSPS) is 12.2. The number of hydrogen-bond donors (Lipinski definition) is 2. The molecule has 2 rings (SSSR count). The predicted molar refractivity (Wildman–Crippen MR) is 130 cm³/mol. The lowest BCUT2D eigenvalue weighted by Crippen LogP contribution is -2.38. The summed E-state index contributed by atoms with van der Waals surface area (Å²) < 4.78 is 39.8. The number of carbonyl (C=O) groups is 2. The lowest BCUT2D eigenvalue weighted by Gasteiger charge is -2.24. The number of nitrogens with one attached hydrogen (secondary N) is 2. The Labute approximate surface area is 199 Å². The summed E-state index contributed by atoms with van der Waals surface area (Å²) in [6.07, 6.45) is -0.543. The minimum absolute atomic E-state index is 0.0224. The maximum atomic E-state index is 13.3. The molecule has 8 heteroatoms. The summed E-state index contributed by atoms with van der Waals surface area (Å²) in [5.41, 5.74) is 0.811. The van der Waals surface area contributed by atoms with E-state index in [-0.39, 0.29) is 24.1 Å². The van der Waals surface area contributed by atoms with Crippen LogP contribution in [0.3, 0.4) is 0 Å². The van der Waals surface area contributed by atoms with Crippen molar-refractivity contribution in [3.05, 3.63) is 59.7 Å². The number of hydrogen-bond acceptors (Lipinski definition) is 2. The molecule has 0 aliphatic heterocycles. The van der Waals surface area contributed by atoms with E-state index in [1.807, 2.05) is 19.9 Å². The van der Waals surface area contributed by atoms with E-state index < -0.39 is 17.8 Å². The molecule has 0 saturated carbocycles. The monoisotopic (exact) mass is 477 g/mol. The van der Waals surface area contributed by atoms with E-state index in [0.29, 0.717) is 18.7 Å². The number of urea groups is 1. The second-order valence-corrected chi connectivity index (χ2v) is 8.39. The second-order valence-electron chi connectivity index (χ2n) is 8.39. The van der Waals surface area contributed by atoms with Gasteiger partial charge in [0.15, 0.2) is 0 Å². The molecule has 0 bridgehead atoms. The Morgan fingerprint density at radius 2 is 1.76 bits per heavy atom. The molecule has 0 saturated heterocycles. The zero-order chi connectivity index (χ0) is 25.1. The summed E-state index contributed by atoms with van der Waals surface area (Å²) in [6.45, 7) is 6.41. The van der Waals surface area contributed by atoms with Crippen LogP contribution in [0.5, 0.6) is 0 Å². The van der Waals surface area contributed by atoms with Crippen molar-refractivity contribution in [1.82, 2.24) is 5.32 Å². The standard InChI is InChI=1S/C26H34F3N3O2/c1-4-6-11-20(5-2)24(33)30-15-9-16-32(23-14-8-12-21(18-23)26(27,28)29)25(34)31-22-13-7-10-19(3)17-22/h7-8,10,12-14,17-18,20H,4-6,9,11,15-16H2,1-3H3,(H,30,33)(H,31,34). The Kier molecular flexibility index (Phi) is 10.4. The zero-order valence-corrected chi connectivity index (χ0v) is 20.0. The molecule has 34 heavy (non-hydrogen) atoms. The number of aryl methyl sites for hydroxylation is 1. The van der Waals surface area contributed by atoms with Crippen LogP contribution in [0.25, 0.3) is 0 Å². The first-order valence-corrected chi connectivity index (χ1v) is 11.8. The van der Waals surface area contributed by atoms with Gasteiger partial charge >= 0.3 is 12.2 Å². The van der Waals surface area contributed by atoms with Gasteiger partial charge in [-0.3, -0.25) is 9.69 Å². The molecule has 0 aliphatic rings. The number of halogens is 3. The highest BCUT2D eigenvalue weighted by atomic mass is 19.4. The van der Waals surface area contributed by atoms with Crippen LogP contribution in [0.15, 0.2) is 48.5 Å². The molecule has 2 aromatic rings. The summed E-state index contributed by atoms with van der Waals surface area (Å²) in [6, 6.07) is 11.3. The minimum atomic E-state index is -4.52. The van der Waals surface area contributed by atoms with E-state index in [1.54, 1.807) is 18.2 Å². The third kappa shape index (κ3) is 8.39. The van der Waals surface area contributed by atoms with Gasteiger partial charge < -0.3 is 10.6 Å². The Hall–Kier alpha value is -3.03. The molecule has 2 N–H and O–H groups in total. The fraction of sp³-hybridized carbons (Fsp3) is 0.462. The summed E-state index contributed by atoms with van der Waals surface area (Å²) in [5, 5.41) is 5.66. The van der Waals surface area contributed by atoms with Gasteiger partial charge in [-0.05, 0) is 62.1 Å². The first kappa shape index (κ1) is 27.2. The van der Waals surface area contributed by atoms with Gasteiger partial charge in [0.1, 0.15) is 0 Å². The first-order chi connectivity index (χ1) is 16.2. The van der Waals surface area contributed by atoms with Crippen molar-refractivity contribution in [2.75, 3.05) is 23.3 Å². The summed E-state index contributed by atoms with van der Waals surface area (Å²) in [5.74, 6) is -0.0741. The quantitative estimate of drug-likeness (QED) is 0.351. The smallest absolute Gasteiger partial charge is 0.356 e. The lowest BCUT2D eigenvalue weighted by atomic mass is 9.98. The molecule has 2 aromatic carbocycles. The third-order valence-electron chi connectivity index (χ3n) is 5.63. The third-order valence-corrected chi connectivity index (χ3v) is 5.63. The maximum Gasteiger partial charge on any atom is 0.416 e. The average molecular weight is 478 g/mol. The van der Waals surface area contributed by atoms with Gasteiger partial charge in [-0.1, -0.05) is 44.9 Å². The Balaban J connectivity index is 2.11. The molecule has 5 nitrogen and oxygen atoms in total. The second kappa shape index (κ2) is 13.0. The highest BCUT2D eigenvalue weighted by Crippen LogP contribution is 2.32. The van der Waals surface area contributed by atoms with E-state index in [4.69, 9.17) is 0 Å². The van der Waals surface area contributed by atoms with E-state index in [9.17, 15) is 22.8 Å². The SMILES string of the molecule is CCCCC(CC)C(=O)NCCCN(C(=O)Nc1cccc(C)c1)c1cccc(C(F)(F)F)c1. The van der Waals surface area contributed by atoms with Crippen LogP contribution in [0, 0.1) is 12.8 Å². The molecule has 0 heterocycles. The van der Waals surface area contributed by atoms with Gasteiger partial charge in [0.05, 0.1) is 5.56 Å². The van der Waals surface area contributed by atoms with Gasteiger partial charge in [0.2, 0.25) is 5.91 Å². The molecule has 0 aromatic heterocycles. The van der Waals surface area contributed by atoms with Crippen molar-refractivity contribution in [3.8, 4) is 0 Å². The van der Waals surface area contributed by atoms with Crippen LogP contribution in [0.4, 0.5) is 29.3 Å². The summed E-state index contributed by atoms with van der Waals surface area (Å²) in [4.78, 5) is 26.7. The van der Waals surface area contributed by atoms with Gasteiger partial charge in [0, 0.05) is 30.4 Å². The largest absolute Gasteiger partial charge is 0.416 e. The minimum Gasteiger partial charge on any atom is -0.356 e. The van der Waals surface area contributed by atoms with Crippen LogP contribution in [-0.4, -0.2) is 25.0 Å². The van der Waals surface area contributed by atoms with E-state index in [2.05, 4.69) is 17.6 Å². The Bertz CT molecular complexity index is 947. The number of amides is 3. The first-order valence-electron chi connectivity index (χ1n) is 11.8. The van der Waals surface area contributed by atoms with Crippen LogP contribution in [-0.2, 0) is 11.0 Å². The van der Waals surface area contributed by atoms with Crippen molar-refractivity contribution in [2.45, 2.75) is 59.1 Å². The maximum absolute atomic E-state index is 13.3. The van der Waals surface area contributed by atoms with Crippen molar-refractivity contribution in [3.63, 3.8) is 0 Å². The molecule has 0 aliphatic carbocycles. The van der Waals surface area contributed by atoms with Crippen molar-refractivity contribution in [1.29, 1.82) is 0 Å². The molecule has 3 amide bonds. The molecule has 1 atom stereocenters. The molecule has 186 valence electrons. The lowest BCUT2D eigenvalue weighted by molar-refractivity contribution is -0.137. The Morgan fingerprint density at radius 3 is 2.41 bits per heavy atom. The molecular formula is C26H34F3N3O2. The number of alkyl halides is 3. The van der Waals surface area contributed by atoms with Crippen LogP contribution >= 0.6 is 0 Å². The van der Waals surface area contributed by atoms with Gasteiger partial charge in [-0.25, -0.2) is 4.79 Å². The van der Waals surface area contributed by atoms with Crippen molar-refractivity contribution < 1.29 is 22.8 Å². The summed E-state index contributed by atoms with van der Waals surface area (Å²) >= 11 is 0. The van der Waals surface area contributed by atoms with Crippen molar-refractivity contribution >= 4 is 23.3 Å². The Morgan fingerprint density at radius 1 is 1.03 bits per heavy atom. The van der Waals surface area contributed by atoms with E-state index >= 15 is 0 Å². The molecule has 0 radical (unpaired) electrons. The zero-order valence-electron chi connectivity index (χ0n) is 20.0. The van der Waals surface area contributed by atoms with E-state index in [0.717, 1.165) is 43.4 Å². The van der Waals surface area contributed by atoms with Gasteiger partial charge in [0.25, 0.3) is 0 Å². The number of benzene rings is 2. The predicted octanol–water partition coefficient (Wildman–Crippen LogP) is 6.78. The van der Waals surface area contributed by atoms with Crippen LogP contribution in [0.2, 0.25) is 0 Å². The highest BCUT2D eigenvalue weighted by molar-refractivity contribution is 6.01. The van der Waals surface area contributed by atoms with Gasteiger partial charge in [-0.2, -0.15) is 13.2 Å². The number of carbonyl (C=O) groups excluding carboxylic acids is 2. The number of anilines is 2. The molecule has 0 fully saturated rings. The number of rotatable bonds is 11. The summed E-state index contributed by atoms with van der Waals surface area (Å²) in [7, 11) is 0. The van der Waals surface area contributed by atoms with Crippen LogP contribution < -0.4 is 15.5 Å². The molecule has 1 unspecified atom stereocenters. The number of nitrogens with zero attached hydrogens (tertiary/aromatic N) is 1. The molecular weight excluding hydrogens is 443 g/mol. The molecule has 0 spiro atoms. The topological polar surface area (TPSA) is 61.4 Å². The van der Waals surface area contributed by atoms with Crippen molar-refractivity contribution in [2.24, 2.45) is 5.92 Å². The van der Waals surface area contributed by atoms with E-state index in [1.165, 1.54) is 17.0 Å². The fourth-order valence-corrected chi connectivity index (χ4v) is 3.68. The number of unbranched alkanes of at least 4 members (excludes halogenated alkanes) is 1. The average Bonchev–Trinajstić information content (AvgIpc) is 2.79.